The summed E-state index contributed by atoms with van der Waals surface area (Å²) in [5, 5.41) is 0.625. The van der Waals surface area contributed by atoms with Crippen molar-refractivity contribution in [1.82, 2.24) is 4.90 Å². The van der Waals surface area contributed by atoms with Gasteiger partial charge in [-0.15, -0.1) is 0 Å². The third-order valence-electron chi connectivity index (χ3n) is 3.51. The SMILES string of the molecule is O=C(CN1C(=O)SC(=Cc2ccc(Cl)cc2)C1=O)c1ccc(Cl)cc1. The number of hydrogen-bond acceptors (Lipinski definition) is 4. The van der Waals surface area contributed by atoms with E-state index in [0.717, 1.165) is 22.2 Å². The highest BCUT2D eigenvalue weighted by molar-refractivity contribution is 8.18. The van der Waals surface area contributed by atoms with Crippen LogP contribution in [0.2, 0.25) is 10.0 Å². The van der Waals surface area contributed by atoms with E-state index in [2.05, 4.69) is 0 Å². The van der Waals surface area contributed by atoms with Gasteiger partial charge in [0, 0.05) is 15.6 Å². The Morgan fingerprint density at radius 1 is 0.960 bits per heavy atom. The summed E-state index contributed by atoms with van der Waals surface area (Å²) in [7, 11) is 0. The molecule has 1 heterocycles. The average molecular weight is 392 g/mol. The Bertz CT molecular complexity index is 876. The van der Waals surface area contributed by atoms with Gasteiger partial charge in [-0.2, -0.15) is 0 Å². The molecule has 2 aromatic rings. The third kappa shape index (κ3) is 4.12. The molecule has 0 radical (unpaired) electrons. The lowest BCUT2D eigenvalue weighted by Crippen LogP contribution is -2.33. The van der Waals surface area contributed by atoms with Crippen LogP contribution in [0.5, 0.6) is 0 Å². The van der Waals surface area contributed by atoms with Crippen LogP contribution < -0.4 is 0 Å². The molecule has 126 valence electrons. The monoisotopic (exact) mass is 391 g/mol. The van der Waals surface area contributed by atoms with Crippen LogP contribution in [0.15, 0.2) is 53.4 Å². The standard InChI is InChI=1S/C18H11Cl2NO3S/c19-13-5-1-11(2-6-13)9-16-17(23)21(18(24)25-16)10-15(22)12-3-7-14(20)8-4-12/h1-9H,10H2. The number of imide groups is 1. The normalized spacial score (nSPS) is 15.9. The maximum Gasteiger partial charge on any atom is 0.293 e. The van der Waals surface area contributed by atoms with Gasteiger partial charge in [0.2, 0.25) is 0 Å². The Labute approximate surface area is 158 Å². The number of benzene rings is 2. The molecule has 4 nitrogen and oxygen atoms in total. The first-order valence-corrected chi connectivity index (χ1v) is 8.81. The molecule has 1 aliphatic rings. The van der Waals surface area contributed by atoms with Crippen LogP contribution in [0, 0.1) is 0 Å². The summed E-state index contributed by atoms with van der Waals surface area (Å²) in [6.45, 7) is -0.301. The molecule has 0 unspecified atom stereocenters. The van der Waals surface area contributed by atoms with Crippen LogP contribution in [0.25, 0.3) is 6.08 Å². The number of carbonyl (C=O) groups excluding carboxylic acids is 3. The zero-order valence-corrected chi connectivity index (χ0v) is 15.1. The lowest BCUT2D eigenvalue weighted by atomic mass is 10.1. The highest BCUT2D eigenvalue weighted by Gasteiger charge is 2.36. The van der Waals surface area contributed by atoms with Crippen LogP contribution in [0.3, 0.4) is 0 Å². The van der Waals surface area contributed by atoms with Gasteiger partial charge >= 0.3 is 0 Å². The van der Waals surface area contributed by atoms with Gasteiger partial charge < -0.3 is 0 Å². The number of rotatable bonds is 4. The van der Waals surface area contributed by atoms with Crippen molar-refractivity contribution >= 4 is 58.0 Å². The largest absolute Gasteiger partial charge is 0.293 e. The van der Waals surface area contributed by atoms with E-state index >= 15 is 0 Å². The summed E-state index contributed by atoms with van der Waals surface area (Å²) in [4.78, 5) is 38.0. The van der Waals surface area contributed by atoms with Gasteiger partial charge in [0.05, 0.1) is 11.4 Å². The molecular formula is C18H11Cl2NO3S. The lowest BCUT2D eigenvalue weighted by Gasteiger charge is -2.11. The number of Topliss-reactive ketones (excluding diaryl/α,β-unsaturated/α-hetero) is 1. The molecule has 0 N–H and O–H groups in total. The lowest BCUT2D eigenvalue weighted by molar-refractivity contribution is -0.122. The van der Waals surface area contributed by atoms with Gasteiger partial charge in [0.1, 0.15) is 0 Å². The third-order valence-corrected chi connectivity index (χ3v) is 4.92. The fraction of sp³-hybridized carbons (Fsp3) is 0.0556. The molecule has 0 atom stereocenters. The molecule has 2 aromatic carbocycles. The first-order chi connectivity index (χ1) is 11.9. The smallest absolute Gasteiger partial charge is 0.292 e. The summed E-state index contributed by atoms with van der Waals surface area (Å²) in [5.74, 6) is -0.807. The minimum absolute atomic E-state index is 0.274. The van der Waals surface area contributed by atoms with Crippen molar-refractivity contribution in [2.75, 3.05) is 6.54 Å². The Hall–Kier alpha value is -2.08. The molecule has 0 saturated carbocycles. The van der Waals surface area contributed by atoms with Gasteiger partial charge in [-0.25, -0.2) is 0 Å². The molecule has 0 bridgehead atoms. The number of thioether (sulfide) groups is 1. The second kappa shape index (κ2) is 7.44. The van der Waals surface area contributed by atoms with Crippen LogP contribution >= 0.6 is 35.0 Å². The van der Waals surface area contributed by atoms with Gasteiger partial charge in [0.15, 0.2) is 5.78 Å². The van der Waals surface area contributed by atoms with E-state index in [1.165, 1.54) is 0 Å². The van der Waals surface area contributed by atoms with Crippen molar-refractivity contribution in [3.05, 3.63) is 74.6 Å². The van der Waals surface area contributed by atoms with Gasteiger partial charge in [-0.1, -0.05) is 35.3 Å². The van der Waals surface area contributed by atoms with E-state index in [9.17, 15) is 14.4 Å². The van der Waals surface area contributed by atoms with Gasteiger partial charge in [-0.05, 0) is 59.8 Å². The molecule has 1 saturated heterocycles. The predicted octanol–water partition coefficient (Wildman–Crippen LogP) is 4.91. The Morgan fingerprint density at radius 3 is 2.12 bits per heavy atom. The highest BCUT2D eigenvalue weighted by atomic mass is 35.5. The predicted molar refractivity (Wildman–Crippen MR) is 99.9 cm³/mol. The zero-order chi connectivity index (χ0) is 18.0. The summed E-state index contributed by atoms with van der Waals surface area (Å²) in [6.07, 6.45) is 1.61. The molecule has 0 aromatic heterocycles. The van der Waals surface area contributed by atoms with Crippen molar-refractivity contribution in [1.29, 1.82) is 0 Å². The van der Waals surface area contributed by atoms with Gasteiger partial charge in [0.25, 0.3) is 11.1 Å². The van der Waals surface area contributed by atoms with E-state index in [1.54, 1.807) is 54.6 Å². The first-order valence-electron chi connectivity index (χ1n) is 7.24. The first kappa shape index (κ1) is 17.7. The Balaban J connectivity index is 1.76. The molecular weight excluding hydrogens is 381 g/mol. The minimum atomic E-state index is -0.479. The maximum atomic E-state index is 12.4. The zero-order valence-electron chi connectivity index (χ0n) is 12.7. The second-order valence-corrected chi connectivity index (χ2v) is 7.12. The topological polar surface area (TPSA) is 54.5 Å². The molecule has 2 amide bonds. The Kier molecular flexibility index (Phi) is 5.27. The van der Waals surface area contributed by atoms with E-state index < -0.39 is 11.1 Å². The summed E-state index contributed by atoms with van der Waals surface area (Å²) < 4.78 is 0. The molecule has 1 fully saturated rings. The van der Waals surface area contributed by atoms with E-state index in [0.29, 0.717) is 15.6 Å². The maximum absolute atomic E-state index is 12.4. The number of hydrogen-bond donors (Lipinski definition) is 0. The van der Waals surface area contributed by atoms with Crippen LogP contribution in [-0.4, -0.2) is 28.4 Å². The van der Waals surface area contributed by atoms with E-state index in [1.807, 2.05) is 0 Å². The second-order valence-electron chi connectivity index (χ2n) is 5.25. The van der Waals surface area contributed by atoms with E-state index in [4.69, 9.17) is 23.2 Å². The molecule has 0 spiro atoms. The number of carbonyl (C=O) groups is 3. The highest BCUT2D eigenvalue weighted by Crippen LogP contribution is 2.32. The quantitative estimate of drug-likeness (QED) is 0.548. The molecule has 7 heteroatoms. The summed E-state index contributed by atoms with van der Waals surface area (Å²) >= 11 is 12.4. The fourth-order valence-electron chi connectivity index (χ4n) is 2.22. The number of nitrogens with zero attached hydrogens (tertiary/aromatic N) is 1. The summed E-state index contributed by atoms with van der Waals surface area (Å²) in [6, 6.07) is 13.2. The van der Waals surface area contributed by atoms with E-state index in [-0.39, 0.29) is 17.2 Å². The van der Waals surface area contributed by atoms with Crippen LogP contribution in [-0.2, 0) is 4.79 Å². The van der Waals surface area contributed by atoms with Gasteiger partial charge in [-0.3, -0.25) is 19.3 Å². The van der Waals surface area contributed by atoms with Crippen LogP contribution in [0.1, 0.15) is 15.9 Å². The average Bonchev–Trinajstić information content (AvgIpc) is 2.85. The van der Waals surface area contributed by atoms with Crippen molar-refractivity contribution < 1.29 is 14.4 Å². The number of halogens is 2. The Morgan fingerprint density at radius 2 is 1.52 bits per heavy atom. The van der Waals surface area contributed by atoms with Crippen LogP contribution in [0.4, 0.5) is 4.79 Å². The van der Waals surface area contributed by atoms with Crippen molar-refractivity contribution in [2.24, 2.45) is 0 Å². The van der Waals surface area contributed by atoms with Crippen molar-refractivity contribution in [3.63, 3.8) is 0 Å². The number of amides is 2. The molecule has 25 heavy (non-hydrogen) atoms. The fourth-order valence-corrected chi connectivity index (χ4v) is 3.31. The minimum Gasteiger partial charge on any atom is -0.292 e. The van der Waals surface area contributed by atoms with Crippen molar-refractivity contribution in [3.8, 4) is 0 Å². The molecule has 1 aliphatic heterocycles. The molecule has 0 aliphatic carbocycles. The number of ketones is 1. The van der Waals surface area contributed by atoms with Crippen molar-refractivity contribution in [2.45, 2.75) is 0 Å². The molecule has 3 rings (SSSR count). The summed E-state index contributed by atoms with van der Waals surface area (Å²) in [5.41, 5.74) is 1.14.